The van der Waals surface area contributed by atoms with E-state index in [2.05, 4.69) is 53.5 Å². The Bertz CT molecular complexity index is 525. The number of para-hydroxylation sites is 1. The Hall–Kier alpha value is -0.750. The quantitative estimate of drug-likeness (QED) is 0.824. The summed E-state index contributed by atoms with van der Waals surface area (Å²) < 4.78 is 0. The zero-order chi connectivity index (χ0) is 17.0. The van der Waals surface area contributed by atoms with Crippen molar-refractivity contribution in [1.82, 2.24) is 10.2 Å². The van der Waals surface area contributed by atoms with E-state index in [1.807, 2.05) is 11.8 Å². The van der Waals surface area contributed by atoms with Crippen molar-refractivity contribution in [2.75, 3.05) is 50.1 Å². The SMILES string of the molecule is CN1CCC(N(C)c2ccccc2CNC[C@@]2(O)CCSC2)CC1. The lowest BCUT2D eigenvalue weighted by molar-refractivity contribution is 0.0675. The molecule has 0 spiro atoms. The maximum absolute atomic E-state index is 10.5. The molecule has 2 aliphatic heterocycles. The Morgan fingerprint density at radius 1 is 1.33 bits per heavy atom. The highest BCUT2D eigenvalue weighted by molar-refractivity contribution is 7.99. The summed E-state index contributed by atoms with van der Waals surface area (Å²) >= 11 is 1.85. The first-order valence-electron chi connectivity index (χ1n) is 9.07. The third kappa shape index (κ3) is 4.45. The van der Waals surface area contributed by atoms with Crippen molar-refractivity contribution in [2.45, 2.75) is 37.5 Å². The van der Waals surface area contributed by atoms with Crippen molar-refractivity contribution in [3.05, 3.63) is 29.8 Å². The van der Waals surface area contributed by atoms with Crippen LogP contribution in [0.1, 0.15) is 24.8 Å². The average molecular weight is 350 g/mol. The minimum absolute atomic E-state index is 0.514. The molecule has 24 heavy (non-hydrogen) atoms. The second-order valence-electron chi connectivity index (χ2n) is 7.40. The van der Waals surface area contributed by atoms with Crippen LogP contribution in [0.25, 0.3) is 0 Å². The van der Waals surface area contributed by atoms with Gasteiger partial charge in [-0.15, -0.1) is 0 Å². The van der Waals surface area contributed by atoms with Crippen LogP contribution in [0.4, 0.5) is 5.69 Å². The molecule has 1 atom stereocenters. The molecule has 2 aliphatic rings. The van der Waals surface area contributed by atoms with Crippen molar-refractivity contribution >= 4 is 17.4 Å². The zero-order valence-electron chi connectivity index (χ0n) is 15.0. The summed E-state index contributed by atoms with van der Waals surface area (Å²) in [7, 11) is 4.44. The van der Waals surface area contributed by atoms with Crippen LogP contribution in [0.5, 0.6) is 0 Å². The van der Waals surface area contributed by atoms with Gasteiger partial charge in [0.15, 0.2) is 0 Å². The average Bonchev–Trinajstić information content (AvgIpc) is 3.02. The number of hydrogen-bond donors (Lipinski definition) is 2. The fraction of sp³-hybridized carbons (Fsp3) is 0.684. The Labute approximate surface area is 150 Å². The Balaban J connectivity index is 1.60. The number of piperidine rings is 1. The van der Waals surface area contributed by atoms with E-state index >= 15 is 0 Å². The number of nitrogens with zero attached hydrogens (tertiary/aromatic N) is 2. The fourth-order valence-electron chi connectivity index (χ4n) is 3.75. The molecular formula is C19H31N3OS. The number of benzene rings is 1. The third-order valence-electron chi connectivity index (χ3n) is 5.46. The van der Waals surface area contributed by atoms with Crippen molar-refractivity contribution in [3.63, 3.8) is 0 Å². The monoisotopic (exact) mass is 349 g/mol. The Kier molecular flexibility index (Phi) is 6.08. The van der Waals surface area contributed by atoms with Gasteiger partial charge in [0, 0.05) is 37.6 Å². The predicted octanol–water partition coefficient (Wildman–Crippen LogP) is 2.17. The van der Waals surface area contributed by atoms with Gasteiger partial charge in [-0.3, -0.25) is 0 Å². The van der Waals surface area contributed by atoms with Gasteiger partial charge in [-0.05, 0) is 56.8 Å². The first kappa shape index (κ1) is 18.1. The van der Waals surface area contributed by atoms with E-state index in [0.717, 1.165) is 24.5 Å². The molecule has 0 aromatic heterocycles. The largest absolute Gasteiger partial charge is 0.388 e. The first-order valence-corrected chi connectivity index (χ1v) is 10.2. The maximum atomic E-state index is 10.5. The van der Waals surface area contributed by atoms with Crippen LogP contribution in [0.15, 0.2) is 24.3 Å². The van der Waals surface area contributed by atoms with Crippen LogP contribution in [0, 0.1) is 0 Å². The molecule has 1 aromatic rings. The van der Waals surface area contributed by atoms with Gasteiger partial charge in [-0.25, -0.2) is 0 Å². The van der Waals surface area contributed by atoms with Gasteiger partial charge in [0.1, 0.15) is 0 Å². The molecule has 2 fully saturated rings. The normalized spacial score (nSPS) is 26.0. The van der Waals surface area contributed by atoms with Crippen LogP contribution in [-0.4, -0.2) is 66.9 Å². The Morgan fingerprint density at radius 3 is 2.79 bits per heavy atom. The van der Waals surface area contributed by atoms with Crippen LogP contribution in [0.2, 0.25) is 0 Å². The summed E-state index contributed by atoms with van der Waals surface area (Å²) in [4.78, 5) is 4.88. The smallest absolute Gasteiger partial charge is 0.0869 e. The molecule has 1 aromatic carbocycles. The van der Waals surface area contributed by atoms with Crippen molar-refractivity contribution in [2.24, 2.45) is 0 Å². The number of rotatable bonds is 6. The van der Waals surface area contributed by atoms with E-state index < -0.39 is 5.60 Å². The van der Waals surface area contributed by atoms with Crippen molar-refractivity contribution < 1.29 is 5.11 Å². The molecular weight excluding hydrogens is 318 g/mol. The van der Waals surface area contributed by atoms with E-state index in [1.165, 1.54) is 37.2 Å². The van der Waals surface area contributed by atoms with E-state index in [4.69, 9.17) is 0 Å². The minimum atomic E-state index is -0.514. The molecule has 0 amide bonds. The van der Waals surface area contributed by atoms with Gasteiger partial charge in [0.05, 0.1) is 5.60 Å². The zero-order valence-corrected chi connectivity index (χ0v) is 15.8. The molecule has 2 saturated heterocycles. The van der Waals surface area contributed by atoms with Gasteiger partial charge >= 0.3 is 0 Å². The summed E-state index contributed by atoms with van der Waals surface area (Å²) in [5.74, 6) is 1.94. The number of likely N-dealkylation sites (tertiary alicyclic amines) is 1. The second kappa shape index (κ2) is 8.09. The second-order valence-corrected chi connectivity index (χ2v) is 8.51. The van der Waals surface area contributed by atoms with Crippen LogP contribution in [0.3, 0.4) is 0 Å². The molecule has 2 N–H and O–H groups in total. The number of thioether (sulfide) groups is 1. The van der Waals surface area contributed by atoms with Crippen molar-refractivity contribution in [1.29, 1.82) is 0 Å². The summed E-state index contributed by atoms with van der Waals surface area (Å²) in [6, 6.07) is 9.31. The molecule has 134 valence electrons. The molecule has 0 aliphatic carbocycles. The third-order valence-corrected chi connectivity index (χ3v) is 6.69. The first-order chi connectivity index (χ1) is 11.6. The number of anilines is 1. The topological polar surface area (TPSA) is 38.7 Å². The van der Waals surface area contributed by atoms with E-state index in [1.54, 1.807) is 0 Å². The van der Waals surface area contributed by atoms with E-state index in [0.29, 0.717) is 12.6 Å². The molecule has 2 heterocycles. The molecule has 0 radical (unpaired) electrons. The van der Waals surface area contributed by atoms with Gasteiger partial charge in [-0.1, -0.05) is 18.2 Å². The number of nitrogens with one attached hydrogen (secondary N) is 1. The highest BCUT2D eigenvalue weighted by atomic mass is 32.2. The highest BCUT2D eigenvalue weighted by Crippen LogP contribution is 2.28. The van der Waals surface area contributed by atoms with Gasteiger partial charge in [-0.2, -0.15) is 11.8 Å². The maximum Gasteiger partial charge on any atom is 0.0869 e. The predicted molar refractivity (Wildman–Crippen MR) is 104 cm³/mol. The molecule has 5 heteroatoms. The lowest BCUT2D eigenvalue weighted by atomic mass is 10.0. The molecule has 3 rings (SSSR count). The molecule has 0 unspecified atom stereocenters. The molecule has 4 nitrogen and oxygen atoms in total. The number of hydrogen-bond acceptors (Lipinski definition) is 5. The lowest BCUT2D eigenvalue weighted by Gasteiger charge is -2.37. The van der Waals surface area contributed by atoms with E-state index in [9.17, 15) is 5.11 Å². The van der Waals surface area contributed by atoms with Gasteiger partial charge in [0.2, 0.25) is 0 Å². The van der Waals surface area contributed by atoms with Gasteiger partial charge < -0.3 is 20.2 Å². The summed E-state index contributed by atoms with van der Waals surface area (Å²) in [6.07, 6.45) is 3.36. The van der Waals surface area contributed by atoms with E-state index in [-0.39, 0.29) is 0 Å². The minimum Gasteiger partial charge on any atom is -0.388 e. The van der Waals surface area contributed by atoms with Crippen LogP contribution < -0.4 is 10.2 Å². The fourth-order valence-corrected chi connectivity index (χ4v) is 5.04. The Morgan fingerprint density at radius 2 is 2.08 bits per heavy atom. The standard InChI is InChI=1S/C19H31N3OS/c1-21-10-7-17(8-11-21)22(2)18-6-4-3-5-16(18)13-20-14-19(23)9-12-24-15-19/h3-6,17,20,23H,7-15H2,1-2H3/t19-/m0/s1. The number of aliphatic hydroxyl groups is 1. The summed E-state index contributed by atoms with van der Waals surface area (Å²) in [5, 5.41) is 14.0. The lowest BCUT2D eigenvalue weighted by Crippen LogP contribution is -2.43. The van der Waals surface area contributed by atoms with Crippen LogP contribution in [-0.2, 0) is 6.54 Å². The molecule has 0 bridgehead atoms. The van der Waals surface area contributed by atoms with Crippen LogP contribution >= 0.6 is 11.8 Å². The van der Waals surface area contributed by atoms with Gasteiger partial charge in [0.25, 0.3) is 0 Å². The summed E-state index contributed by atoms with van der Waals surface area (Å²) in [5.41, 5.74) is 2.14. The molecule has 0 saturated carbocycles. The van der Waals surface area contributed by atoms with Crippen molar-refractivity contribution in [3.8, 4) is 0 Å². The highest BCUT2D eigenvalue weighted by Gasteiger charge is 2.31. The summed E-state index contributed by atoms with van der Waals surface area (Å²) in [6.45, 7) is 3.87.